The summed E-state index contributed by atoms with van der Waals surface area (Å²) in [6.45, 7) is 7.08. The molecule has 18 heavy (non-hydrogen) atoms. The van der Waals surface area contributed by atoms with Crippen molar-refractivity contribution in [2.75, 3.05) is 13.1 Å². The molecule has 4 nitrogen and oxygen atoms in total. The standard InChI is InChI=1S/C14H22N2O2/c1-4-7-14(18)9-15(10-14)13(17)12-6-5-8-16(12)11(2)3/h5-6,8,11,18H,4,7,9-10H2,1-3H3. The molecule has 1 aromatic rings. The molecule has 1 aromatic heterocycles. The third kappa shape index (κ3) is 2.29. The van der Waals surface area contributed by atoms with Gasteiger partial charge in [0.1, 0.15) is 5.69 Å². The summed E-state index contributed by atoms with van der Waals surface area (Å²) in [6.07, 6.45) is 3.64. The number of aliphatic hydroxyl groups is 1. The zero-order valence-corrected chi connectivity index (χ0v) is 11.4. The third-order valence-electron chi connectivity index (χ3n) is 3.53. The van der Waals surface area contributed by atoms with E-state index >= 15 is 0 Å². The predicted molar refractivity (Wildman–Crippen MR) is 70.6 cm³/mol. The van der Waals surface area contributed by atoms with Crippen LogP contribution in [0.15, 0.2) is 18.3 Å². The minimum Gasteiger partial charge on any atom is -0.386 e. The lowest BCUT2D eigenvalue weighted by molar-refractivity contribution is -0.0863. The maximum atomic E-state index is 12.3. The summed E-state index contributed by atoms with van der Waals surface area (Å²) in [7, 11) is 0. The molecule has 0 atom stereocenters. The van der Waals surface area contributed by atoms with Crippen molar-refractivity contribution in [2.45, 2.75) is 45.3 Å². The van der Waals surface area contributed by atoms with Gasteiger partial charge in [0.25, 0.3) is 5.91 Å². The van der Waals surface area contributed by atoms with E-state index in [0.717, 1.165) is 12.8 Å². The molecule has 2 rings (SSSR count). The van der Waals surface area contributed by atoms with Crippen LogP contribution < -0.4 is 0 Å². The summed E-state index contributed by atoms with van der Waals surface area (Å²) in [4.78, 5) is 14.0. The van der Waals surface area contributed by atoms with Crippen molar-refractivity contribution in [1.29, 1.82) is 0 Å². The molecule has 1 amide bonds. The number of hydrogen-bond acceptors (Lipinski definition) is 2. The van der Waals surface area contributed by atoms with E-state index in [2.05, 4.69) is 13.8 Å². The van der Waals surface area contributed by atoms with E-state index in [1.165, 1.54) is 0 Å². The molecule has 100 valence electrons. The van der Waals surface area contributed by atoms with Crippen molar-refractivity contribution >= 4 is 5.91 Å². The summed E-state index contributed by atoms with van der Waals surface area (Å²) in [5, 5.41) is 10.1. The van der Waals surface area contributed by atoms with Gasteiger partial charge in [-0.25, -0.2) is 0 Å². The van der Waals surface area contributed by atoms with Crippen LogP contribution in [0.25, 0.3) is 0 Å². The minimum atomic E-state index is -0.653. The highest BCUT2D eigenvalue weighted by Gasteiger charge is 2.43. The smallest absolute Gasteiger partial charge is 0.270 e. The lowest BCUT2D eigenvalue weighted by Crippen LogP contribution is -2.63. The fraction of sp³-hybridized carbons (Fsp3) is 0.643. The first-order valence-corrected chi connectivity index (χ1v) is 6.65. The summed E-state index contributed by atoms with van der Waals surface area (Å²) in [5.74, 6) is 0.0227. The fourth-order valence-corrected chi connectivity index (χ4v) is 2.62. The van der Waals surface area contributed by atoms with Gasteiger partial charge in [0.15, 0.2) is 0 Å². The predicted octanol–water partition coefficient (Wildman–Crippen LogP) is 2.06. The summed E-state index contributed by atoms with van der Waals surface area (Å²) in [5.41, 5.74) is 0.0585. The molecule has 1 aliphatic heterocycles. The minimum absolute atomic E-state index is 0.0227. The Morgan fingerprint density at radius 1 is 1.50 bits per heavy atom. The Kier molecular flexibility index (Phi) is 3.48. The summed E-state index contributed by atoms with van der Waals surface area (Å²) in [6, 6.07) is 4.01. The largest absolute Gasteiger partial charge is 0.386 e. The Hall–Kier alpha value is -1.29. The molecule has 0 bridgehead atoms. The monoisotopic (exact) mass is 250 g/mol. The first-order chi connectivity index (χ1) is 8.47. The average molecular weight is 250 g/mol. The molecule has 2 heterocycles. The lowest BCUT2D eigenvalue weighted by atomic mass is 9.89. The van der Waals surface area contributed by atoms with Gasteiger partial charge in [-0.15, -0.1) is 0 Å². The topological polar surface area (TPSA) is 45.5 Å². The maximum absolute atomic E-state index is 12.3. The Balaban J connectivity index is 2.04. The molecule has 0 aliphatic carbocycles. The molecule has 0 saturated carbocycles. The van der Waals surface area contributed by atoms with Gasteiger partial charge >= 0.3 is 0 Å². The Labute approximate surface area is 108 Å². The molecule has 0 aromatic carbocycles. The average Bonchev–Trinajstić information content (AvgIpc) is 2.73. The van der Waals surface area contributed by atoms with E-state index in [0.29, 0.717) is 18.8 Å². The zero-order valence-electron chi connectivity index (χ0n) is 11.4. The van der Waals surface area contributed by atoms with Gasteiger partial charge in [-0.1, -0.05) is 13.3 Å². The molecule has 1 N–H and O–H groups in total. The molecule has 1 saturated heterocycles. The number of aromatic nitrogens is 1. The van der Waals surface area contributed by atoms with Crippen molar-refractivity contribution in [2.24, 2.45) is 0 Å². The molecule has 1 fully saturated rings. The van der Waals surface area contributed by atoms with Gasteiger partial charge in [-0.05, 0) is 32.4 Å². The summed E-state index contributed by atoms with van der Waals surface area (Å²) >= 11 is 0. The number of nitrogens with zero attached hydrogens (tertiary/aromatic N) is 2. The van der Waals surface area contributed by atoms with Gasteiger partial charge in [0.05, 0.1) is 18.7 Å². The van der Waals surface area contributed by atoms with E-state index in [-0.39, 0.29) is 11.9 Å². The molecular formula is C14H22N2O2. The van der Waals surface area contributed by atoms with Crippen LogP contribution in [0.5, 0.6) is 0 Å². The van der Waals surface area contributed by atoms with Crippen LogP contribution in [0.2, 0.25) is 0 Å². The van der Waals surface area contributed by atoms with Crippen LogP contribution in [0.1, 0.15) is 50.1 Å². The third-order valence-corrected chi connectivity index (χ3v) is 3.53. The molecular weight excluding hydrogens is 228 g/mol. The zero-order chi connectivity index (χ0) is 13.3. The fourth-order valence-electron chi connectivity index (χ4n) is 2.62. The number of amides is 1. The highest BCUT2D eigenvalue weighted by Crippen LogP contribution is 2.27. The van der Waals surface area contributed by atoms with E-state index in [1.807, 2.05) is 29.8 Å². The van der Waals surface area contributed by atoms with Crippen molar-refractivity contribution in [3.05, 3.63) is 24.0 Å². The second-order valence-corrected chi connectivity index (χ2v) is 5.53. The van der Waals surface area contributed by atoms with Crippen LogP contribution in [0.4, 0.5) is 0 Å². The number of carbonyl (C=O) groups is 1. The Morgan fingerprint density at radius 2 is 2.17 bits per heavy atom. The highest BCUT2D eigenvalue weighted by molar-refractivity contribution is 5.93. The molecule has 0 radical (unpaired) electrons. The van der Waals surface area contributed by atoms with Gasteiger partial charge in [-0.2, -0.15) is 0 Å². The second kappa shape index (κ2) is 4.76. The van der Waals surface area contributed by atoms with Crippen molar-refractivity contribution < 1.29 is 9.90 Å². The van der Waals surface area contributed by atoms with E-state index in [1.54, 1.807) is 4.90 Å². The Morgan fingerprint density at radius 3 is 2.72 bits per heavy atom. The van der Waals surface area contributed by atoms with Gasteiger partial charge < -0.3 is 14.6 Å². The van der Waals surface area contributed by atoms with Gasteiger partial charge in [0, 0.05) is 12.2 Å². The van der Waals surface area contributed by atoms with E-state index in [4.69, 9.17) is 0 Å². The van der Waals surface area contributed by atoms with Crippen LogP contribution >= 0.6 is 0 Å². The van der Waals surface area contributed by atoms with Crippen LogP contribution in [0, 0.1) is 0 Å². The number of rotatable bonds is 4. The highest BCUT2D eigenvalue weighted by atomic mass is 16.3. The molecule has 4 heteroatoms. The number of β-amino-alcohol motifs (C(OH)–C–C–N with tert-alkyl or cyclic N) is 1. The van der Waals surface area contributed by atoms with Crippen LogP contribution in [-0.4, -0.2) is 39.2 Å². The molecule has 0 unspecified atom stereocenters. The van der Waals surface area contributed by atoms with E-state index < -0.39 is 5.60 Å². The van der Waals surface area contributed by atoms with Gasteiger partial charge in [0.2, 0.25) is 0 Å². The summed E-state index contributed by atoms with van der Waals surface area (Å²) < 4.78 is 1.97. The molecule has 1 aliphatic rings. The van der Waals surface area contributed by atoms with Gasteiger partial charge in [-0.3, -0.25) is 4.79 Å². The van der Waals surface area contributed by atoms with Crippen LogP contribution in [0.3, 0.4) is 0 Å². The van der Waals surface area contributed by atoms with Crippen molar-refractivity contribution in [1.82, 2.24) is 9.47 Å². The SMILES string of the molecule is CCCC1(O)CN(C(=O)c2cccn2C(C)C)C1. The van der Waals surface area contributed by atoms with E-state index in [9.17, 15) is 9.90 Å². The molecule has 0 spiro atoms. The first kappa shape index (κ1) is 13.1. The maximum Gasteiger partial charge on any atom is 0.270 e. The normalized spacial score (nSPS) is 17.9. The quantitative estimate of drug-likeness (QED) is 0.889. The second-order valence-electron chi connectivity index (χ2n) is 5.53. The van der Waals surface area contributed by atoms with Crippen molar-refractivity contribution in [3.8, 4) is 0 Å². The Bertz CT molecular complexity index is 431. The number of likely N-dealkylation sites (tertiary alicyclic amines) is 1. The van der Waals surface area contributed by atoms with Crippen molar-refractivity contribution in [3.63, 3.8) is 0 Å². The number of hydrogen-bond donors (Lipinski definition) is 1. The lowest BCUT2D eigenvalue weighted by Gasteiger charge is -2.46. The number of carbonyl (C=O) groups excluding carboxylic acids is 1. The van der Waals surface area contributed by atoms with Crippen LogP contribution in [-0.2, 0) is 0 Å². The first-order valence-electron chi connectivity index (χ1n) is 6.65.